The number of aromatic nitrogens is 3. The number of morpholine rings is 1. The summed E-state index contributed by atoms with van der Waals surface area (Å²) in [6.07, 6.45) is 6.26. The fourth-order valence-corrected chi connectivity index (χ4v) is 4.61. The molecule has 0 unspecified atom stereocenters. The Balaban J connectivity index is 1.23. The minimum Gasteiger partial charge on any atom is -0.493 e. The number of ether oxygens (including phenoxy) is 3. The van der Waals surface area contributed by atoms with Crippen molar-refractivity contribution in [2.45, 2.75) is 25.7 Å². The quantitative estimate of drug-likeness (QED) is 0.395. The monoisotopic (exact) mass is 510 g/mol. The van der Waals surface area contributed by atoms with Gasteiger partial charge in [0, 0.05) is 39.3 Å². The molecule has 12 heteroatoms. The Morgan fingerprint density at radius 1 is 0.973 bits per heavy atom. The zero-order chi connectivity index (χ0) is 25.5. The lowest BCUT2D eigenvalue weighted by atomic mass is 10.2. The van der Waals surface area contributed by atoms with Gasteiger partial charge in [-0.3, -0.25) is 4.79 Å². The molecular weight excluding hydrogens is 476 g/mol. The van der Waals surface area contributed by atoms with E-state index in [4.69, 9.17) is 19.2 Å². The van der Waals surface area contributed by atoms with E-state index in [2.05, 4.69) is 30.3 Å². The number of anilines is 3. The number of carbonyl (C=O) groups excluding carboxylic acids is 1. The molecule has 3 aliphatic rings. The molecule has 3 fully saturated rings. The third-order valence-corrected chi connectivity index (χ3v) is 6.67. The number of methoxy groups -OCH3 is 1. The van der Waals surface area contributed by atoms with Crippen molar-refractivity contribution in [3.05, 3.63) is 23.8 Å². The van der Waals surface area contributed by atoms with E-state index < -0.39 is 0 Å². The van der Waals surface area contributed by atoms with Crippen LogP contribution in [0.2, 0.25) is 0 Å². The lowest BCUT2D eigenvalue weighted by Gasteiger charge is -2.26. The molecule has 37 heavy (non-hydrogen) atoms. The Kier molecular flexibility index (Phi) is 8.14. The van der Waals surface area contributed by atoms with Gasteiger partial charge in [-0.2, -0.15) is 20.1 Å². The fourth-order valence-electron chi connectivity index (χ4n) is 4.61. The van der Waals surface area contributed by atoms with E-state index in [1.807, 2.05) is 6.07 Å². The number of rotatable bonds is 9. The van der Waals surface area contributed by atoms with Gasteiger partial charge in [-0.25, -0.2) is 5.43 Å². The molecular formula is C25H34N8O4. The number of nitrogens with zero attached hydrogens (tertiary/aromatic N) is 7. The van der Waals surface area contributed by atoms with Gasteiger partial charge in [-0.15, -0.1) is 0 Å². The van der Waals surface area contributed by atoms with Crippen molar-refractivity contribution in [3.8, 4) is 11.5 Å². The van der Waals surface area contributed by atoms with Crippen LogP contribution in [0, 0.1) is 0 Å². The number of hydrazone groups is 1. The smallest absolute Gasteiger partial charge is 0.260 e. The average Bonchev–Trinajstić information content (AvgIpc) is 3.68. The van der Waals surface area contributed by atoms with E-state index in [0.717, 1.165) is 57.4 Å². The first-order valence-electron chi connectivity index (χ1n) is 12.9. The third kappa shape index (κ3) is 6.37. The van der Waals surface area contributed by atoms with Crippen LogP contribution in [0.5, 0.6) is 11.5 Å². The second-order valence-corrected chi connectivity index (χ2v) is 9.21. The van der Waals surface area contributed by atoms with E-state index in [-0.39, 0.29) is 12.5 Å². The van der Waals surface area contributed by atoms with Gasteiger partial charge in [0.2, 0.25) is 17.8 Å². The van der Waals surface area contributed by atoms with Crippen LogP contribution in [0.15, 0.2) is 23.3 Å². The van der Waals surface area contributed by atoms with Gasteiger partial charge >= 0.3 is 0 Å². The van der Waals surface area contributed by atoms with E-state index in [0.29, 0.717) is 55.6 Å². The molecule has 0 bridgehead atoms. The summed E-state index contributed by atoms with van der Waals surface area (Å²) < 4.78 is 16.5. The predicted molar refractivity (Wildman–Crippen MR) is 140 cm³/mol. The van der Waals surface area contributed by atoms with Gasteiger partial charge < -0.3 is 28.9 Å². The molecule has 1 aromatic heterocycles. The normalized spacial score (nSPS) is 18.0. The van der Waals surface area contributed by atoms with Crippen LogP contribution >= 0.6 is 0 Å². The molecule has 12 nitrogen and oxygen atoms in total. The molecule has 4 heterocycles. The van der Waals surface area contributed by atoms with Gasteiger partial charge in [0.1, 0.15) is 0 Å². The lowest BCUT2D eigenvalue weighted by molar-refractivity contribution is -0.137. The molecule has 1 amide bonds. The molecule has 3 saturated heterocycles. The average molecular weight is 511 g/mol. The van der Waals surface area contributed by atoms with Gasteiger partial charge in [0.15, 0.2) is 18.1 Å². The molecule has 2 aromatic rings. The Labute approximate surface area is 216 Å². The Morgan fingerprint density at radius 3 is 2.24 bits per heavy atom. The summed E-state index contributed by atoms with van der Waals surface area (Å²) in [6, 6.07) is 5.42. The first-order valence-corrected chi connectivity index (χ1v) is 12.9. The summed E-state index contributed by atoms with van der Waals surface area (Å²) in [5.74, 6) is 2.76. The molecule has 0 aliphatic carbocycles. The molecule has 0 atom stereocenters. The molecule has 3 aliphatic heterocycles. The lowest BCUT2D eigenvalue weighted by Crippen LogP contribution is -2.43. The number of benzene rings is 1. The summed E-state index contributed by atoms with van der Waals surface area (Å²) in [4.78, 5) is 32.5. The minimum absolute atomic E-state index is 0.0521. The fraction of sp³-hybridized carbons (Fsp3) is 0.560. The molecule has 0 saturated carbocycles. The summed E-state index contributed by atoms with van der Waals surface area (Å²) >= 11 is 0. The van der Waals surface area contributed by atoms with Crippen molar-refractivity contribution in [3.63, 3.8) is 0 Å². The highest BCUT2D eigenvalue weighted by Gasteiger charge is 2.22. The third-order valence-electron chi connectivity index (χ3n) is 6.67. The van der Waals surface area contributed by atoms with Crippen LogP contribution in [-0.2, 0) is 9.53 Å². The SMILES string of the molecule is COc1cc(/C=N/Nc2nc(N3CCCC3)nc(N3CCCC3)n2)ccc1OCC(=O)N1CCOCC1. The first kappa shape index (κ1) is 25.0. The van der Waals surface area contributed by atoms with Crippen molar-refractivity contribution in [2.24, 2.45) is 5.10 Å². The highest BCUT2D eigenvalue weighted by atomic mass is 16.5. The first-order chi connectivity index (χ1) is 18.2. The Bertz CT molecular complexity index is 1060. The van der Waals surface area contributed by atoms with Gasteiger partial charge in [-0.05, 0) is 49.4 Å². The maximum atomic E-state index is 12.4. The number of hydrogen-bond acceptors (Lipinski definition) is 11. The van der Waals surface area contributed by atoms with E-state index >= 15 is 0 Å². The summed E-state index contributed by atoms with van der Waals surface area (Å²) in [5, 5.41) is 4.35. The summed E-state index contributed by atoms with van der Waals surface area (Å²) in [5.41, 5.74) is 3.77. The molecule has 0 radical (unpaired) electrons. The van der Waals surface area contributed by atoms with Crippen molar-refractivity contribution in [2.75, 3.05) is 81.4 Å². The zero-order valence-corrected chi connectivity index (χ0v) is 21.3. The van der Waals surface area contributed by atoms with Gasteiger partial charge in [-0.1, -0.05) is 0 Å². The van der Waals surface area contributed by atoms with Crippen molar-refractivity contribution in [1.29, 1.82) is 0 Å². The van der Waals surface area contributed by atoms with Crippen molar-refractivity contribution >= 4 is 30.0 Å². The largest absolute Gasteiger partial charge is 0.493 e. The number of amides is 1. The van der Waals surface area contributed by atoms with Crippen LogP contribution in [0.1, 0.15) is 31.2 Å². The van der Waals surface area contributed by atoms with E-state index in [1.165, 1.54) is 0 Å². The molecule has 198 valence electrons. The summed E-state index contributed by atoms with van der Waals surface area (Å²) in [7, 11) is 1.57. The minimum atomic E-state index is -0.0702. The van der Waals surface area contributed by atoms with Crippen LogP contribution < -0.4 is 24.7 Å². The van der Waals surface area contributed by atoms with Gasteiger partial charge in [0.25, 0.3) is 5.91 Å². The van der Waals surface area contributed by atoms with Crippen LogP contribution in [0.25, 0.3) is 0 Å². The van der Waals surface area contributed by atoms with E-state index in [1.54, 1.807) is 30.4 Å². The maximum Gasteiger partial charge on any atom is 0.260 e. The highest BCUT2D eigenvalue weighted by Crippen LogP contribution is 2.28. The second-order valence-electron chi connectivity index (χ2n) is 9.21. The number of hydrogen-bond donors (Lipinski definition) is 1. The van der Waals surface area contributed by atoms with Crippen molar-refractivity contribution < 1.29 is 19.0 Å². The molecule has 0 spiro atoms. The number of nitrogens with one attached hydrogen (secondary N) is 1. The topological polar surface area (TPSA) is 118 Å². The molecule has 1 aromatic carbocycles. The van der Waals surface area contributed by atoms with Crippen molar-refractivity contribution in [1.82, 2.24) is 19.9 Å². The van der Waals surface area contributed by atoms with Crippen LogP contribution in [0.3, 0.4) is 0 Å². The zero-order valence-electron chi connectivity index (χ0n) is 21.3. The number of carbonyl (C=O) groups is 1. The van der Waals surface area contributed by atoms with Crippen LogP contribution in [0.4, 0.5) is 17.8 Å². The van der Waals surface area contributed by atoms with E-state index in [9.17, 15) is 4.79 Å². The molecule has 1 N–H and O–H groups in total. The standard InChI is InChI=1S/C25H34N8O4/c1-35-21-16-19(6-7-20(21)37-18-22(34)31-12-14-36-15-13-31)17-26-30-23-27-24(32-8-2-3-9-32)29-25(28-23)33-10-4-5-11-33/h6-7,16-17H,2-5,8-15,18H2,1H3,(H,27,28,29,30)/b26-17+. The maximum absolute atomic E-state index is 12.4. The molecule has 5 rings (SSSR count). The highest BCUT2D eigenvalue weighted by molar-refractivity contribution is 5.81. The van der Waals surface area contributed by atoms with Crippen LogP contribution in [-0.4, -0.2) is 98.2 Å². The Hall–Kier alpha value is -3.67. The predicted octanol–water partition coefficient (Wildman–Crippen LogP) is 1.76. The van der Waals surface area contributed by atoms with Gasteiger partial charge in [0.05, 0.1) is 26.5 Å². The second kappa shape index (κ2) is 12.0. The Morgan fingerprint density at radius 2 is 1.62 bits per heavy atom. The summed E-state index contributed by atoms with van der Waals surface area (Å²) in [6.45, 7) is 6.06.